The van der Waals surface area contributed by atoms with Gasteiger partial charge in [-0.25, -0.2) is 8.42 Å². The maximum Gasteiger partial charge on any atom is 0.243 e. The number of fused-ring (bicyclic) bond motifs is 1. The van der Waals surface area contributed by atoms with Crippen LogP contribution in [0.2, 0.25) is 0 Å². The minimum absolute atomic E-state index is 0. The van der Waals surface area contributed by atoms with Gasteiger partial charge >= 0.3 is 0 Å². The van der Waals surface area contributed by atoms with E-state index in [2.05, 4.69) is 20.1 Å². The molecule has 26 heavy (non-hydrogen) atoms. The summed E-state index contributed by atoms with van der Waals surface area (Å²) < 4.78 is 29.4. The van der Waals surface area contributed by atoms with Gasteiger partial charge in [-0.1, -0.05) is 17.7 Å². The Morgan fingerprint density at radius 3 is 2.46 bits per heavy atom. The molecule has 2 aromatic rings. The third-order valence-electron chi connectivity index (χ3n) is 5.13. The van der Waals surface area contributed by atoms with E-state index in [4.69, 9.17) is 0 Å². The summed E-state index contributed by atoms with van der Waals surface area (Å²) in [5.41, 5.74) is 1.06. The Kier molecular flexibility index (Phi) is 5.67. The molecular formula is C17H24ClN5O2S. The van der Waals surface area contributed by atoms with Gasteiger partial charge in [0.2, 0.25) is 10.0 Å². The molecule has 1 N–H and O–H groups in total. The molecule has 0 radical (unpaired) electrons. The molecule has 0 bridgehead atoms. The molecule has 0 aliphatic carbocycles. The highest BCUT2D eigenvalue weighted by atomic mass is 35.5. The molecule has 2 aliphatic heterocycles. The highest BCUT2D eigenvalue weighted by Crippen LogP contribution is 2.30. The van der Waals surface area contributed by atoms with Gasteiger partial charge < -0.3 is 9.88 Å². The number of piperidine rings is 1. The summed E-state index contributed by atoms with van der Waals surface area (Å²) in [5.74, 6) is 2.28. The van der Waals surface area contributed by atoms with Crippen LogP contribution in [0.4, 0.5) is 0 Å². The van der Waals surface area contributed by atoms with Gasteiger partial charge in [-0.3, -0.25) is 0 Å². The van der Waals surface area contributed by atoms with Crippen LogP contribution in [-0.2, 0) is 23.1 Å². The molecule has 0 unspecified atom stereocenters. The van der Waals surface area contributed by atoms with Crippen molar-refractivity contribution in [2.45, 2.75) is 43.7 Å². The lowest BCUT2D eigenvalue weighted by molar-refractivity contribution is 0.307. The van der Waals surface area contributed by atoms with Crippen LogP contribution < -0.4 is 5.32 Å². The van der Waals surface area contributed by atoms with E-state index < -0.39 is 10.0 Å². The van der Waals surface area contributed by atoms with Gasteiger partial charge in [0.1, 0.15) is 11.6 Å². The monoisotopic (exact) mass is 397 g/mol. The van der Waals surface area contributed by atoms with Gasteiger partial charge in [0.05, 0.1) is 11.4 Å². The summed E-state index contributed by atoms with van der Waals surface area (Å²) in [5, 5.41) is 12.0. The molecule has 9 heteroatoms. The summed E-state index contributed by atoms with van der Waals surface area (Å²) in [4.78, 5) is 0.377. The van der Waals surface area contributed by atoms with Gasteiger partial charge in [-0.2, -0.15) is 4.31 Å². The normalized spacial score (nSPS) is 19.0. The number of nitrogens with one attached hydrogen (secondary N) is 1. The Hall–Kier alpha value is -1.48. The fourth-order valence-corrected chi connectivity index (χ4v) is 5.10. The second kappa shape index (κ2) is 7.64. The number of halogens is 1. The first-order chi connectivity index (χ1) is 12.1. The van der Waals surface area contributed by atoms with Gasteiger partial charge in [-0.15, -0.1) is 22.6 Å². The largest absolute Gasteiger partial charge is 0.312 e. The van der Waals surface area contributed by atoms with Crippen molar-refractivity contribution in [1.29, 1.82) is 0 Å². The zero-order valence-electron chi connectivity index (χ0n) is 14.8. The summed E-state index contributed by atoms with van der Waals surface area (Å²) in [6.07, 6.45) is 1.58. The van der Waals surface area contributed by atoms with E-state index in [1.807, 2.05) is 19.1 Å². The summed E-state index contributed by atoms with van der Waals surface area (Å²) >= 11 is 0. The molecule has 0 amide bonds. The third kappa shape index (κ3) is 3.51. The molecule has 0 spiro atoms. The average Bonchev–Trinajstić information content (AvgIpc) is 3.06. The number of aryl methyl sites for hydroxylation is 1. The zero-order valence-corrected chi connectivity index (χ0v) is 16.4. The predicted molar refractivity (Wildman–Crippen MR) is 101 cm³/mol. The minimum Gasteiger partial charge on any atom is -0.312 e. The Morgan fingerprint density at radius 1 is 1.08 bits per heavy atom. The van der Waals surface area contributed by atoms with Crippen molar-refractivity contribution < 1.29 is 8.42 Å². The highest BCUT2D eigenvalue weighted by molar-refractivity contribution is 7.89. The lowest BCUT2D eigenvalue weighted by atomic mass is 9.97. The lowest BCUT2D eigenvalue weighted by Crippen LogP contribution is -2.38. The van der Waals surface area contributed by atoms with Crippen LogP contribution in [0.15, 0.2) is 29.2 Å². The maximum atomic E-state index is 12.8. The van der Waals surface area contributed by atoms with Crippen LogP contribution >= 0.6 is 12.4 Å². The van der Waals surface area contributed by atoms with E-state index in [1.165, 1.54) is 0 Å². The summed E-state index contributed by atoms with van der Waals surface area (Å²) in [7, 11) is -3.41. The van der Waals surface area contributed by atoms with Crippen LogP contribution in [-0.4, -0.2) is 47.1 Å². The molecule has 1 saturated heterocycles. The number of rotatable bonds is 3. The smallest absolute Gasteiger partial charge is 0.243 e. The van der Waals surface area contributed by atoms with Crippen molar-refractivity contribution in [3.63, 3.8) is 0 Å². The fraction of sp³-hybridized carbons (Fsp3) is 0.529. The molecule has 2 aliphatic rings. The van der Waals surface area contributed by atoms with E-state index in [9.17, 15) is 8.42 Å². The highest BCUT2D eigenvalue weighted by Gasteiger charge is 2.32. The second-order valence-corrected chi connectivity index (χ2v) is 8.73. The molecular weight excluding hydrogens is 374 g/mol. The first-order valence-corrected chi connectivity index (χ1v) is 10.2. The van der Waals surface area contributed by atoms with Crippen LogP contribution in [0, 0.1) is 6.92 Å². The van der Waals surface area contributed by atoms with Crippen molar-refractivity contribution in [2.75, 3.05) is 19.6 Å². The SMILES string of the molecule is Cc1ccc(S(=O)(=O)N2CCC(c3nnc4n3CCNC4)CC2)cc1.Cl. The van der Waals surface area contributed by atoms with Crippen LogP contribution in [0.1, 0.15) is 36.0 Å². The summed E-state index contributed by atoms with van der Waals surface area (Å²) in [6, 6.07) is 7.07. The number of hydrogen-bond acceptors (Lipinski definition) is 5. The standard InChI is InChI=1S/C17H23N5O2S.ClH/c1-13-2-4-15(5-3-13)25(23,24)21-9-6-14(7-10-21)17-20-19-16-12-18-8-11-22(16)17;/h2-5,14,18H,6-12H2,1H3;1H. The van der Waals surface area contributed by atoms with E-state index in [0.717, 1.165) is 49.7 Å². The van der Waals surface area contributed by atoms with Gasteiger partial charge in [0.25, 0.3) is 0 Å². The maximum absolute atomic E-state index is 12.8. The fourth-order valence-electron chi connectivity index (χ4n) is 3.63. The van der Waals surface area contributed by atoms with Crippen LogP contribution in [0.3, 0.4) is 0 Å². The topological polar surface area (TPSA) is 80.1 Å². The molecule has 1 aromatic heterocycles. The molecule has 0 saturated carbocycles. The molecule has 4 rings (SSSR count). The summed E-state index contributed by atoms with van der Waals surface area (Å²) in [6.45, 7) is 5.59. The van der Waals surface area contributed by atoms with Crippen molar-refractivity contribution in [3.05, 3.63) is 41.5 Å². The van der Waals surface area contributed by atoms with Crippen molar-refractivity contribution >= 4 is 22.4 Å². The van der Waals surface area contributed by atoms with E-state index in [1.54, 1.807) is 16.4 Å². The lowest BCUT2D eigenvalue weighted by Gasteiger charge is -2.31. The van der Waals surface area contributed by atoms with Crippen molar-refractivity contribution in [3.8, 4) is 0 Å². The Morgan fingerprint density at radius 2 is 1.77 bits per heavy atom. The number of aromatic nitrogens is 3. The molecule has 0 atom stereocenters. The van der Waals surface area contributed by atoms with Crippen LogP contribution in [0.25, 0.3) is 0 Å². The molecule has 1 fully saturated rings. The van der Waals surface area contributed by atoms with Gasteiger partial charge in [0.15, 0.2) is 0 Å². The number of sulfonamides is 1. The quantitative estimate of drug-likeness (QED) is 0.852. The van der Waals surface area contributed by atoms with Gasteiger partial charge in [0, 0.05) is 32.1 Å². The van der Waals surface area contributed by atoms with E-state index in [0.29, 0.717) is 18.0 Å². The second-order valence-electron chi connectivity index (χ2n) is 6.79. The molecule has 1 aromatic carbocycles. The number of hydrogen-bond donors (Lipinski definition) is 1. The van der Waals surface area contributed by atoms with E-state index >= 15 is 0 Å². The first kappa shape index (κ1) is 19.3. The molecule has 142 valence electrons. The number of benzene rings is 1. The Balaban J connectivity index is 0.00000196. The van der Waals surface area contributed by atoms with Gasteiger partial charge in [-0.05, 0) is 31.9 Å². The zero-order chi connectivity index (χ0) is 17.4. The molecule has 3 heterocycles. The van der Waals surface area contributed by atoms with Crippen LogP contribution in [0.5, 0.6) is 0 Å². The van der Waals surface area contributed by atoms with E-state index in [-0.39, 0.29) is 18.3 Å². The van der Waals surface area contributed by atoms with Crippen molar-refractivity contribution in [1.82, 2.24) is 24.4 Å². The Bertz CT molecular complexity index is 858. The average molecular weight is 398 g/mol. The minimum atomic E-state index is -3.41. The van der Waals surface area contributed by atoms with Crippen molar-refractivity contribution in [2.24, 2.45) is 0 Å². The number of nitrogens with zero attached hydrogens (tertiary/aromatic N) is 4. The predicted octanol–water partition coefficient (Wildman–Crippen LogP) is 1.68. The Labute approximate surface area is 160 Å². The first-order valence-electron chi connectivity index (χ1n) is 8.75. The third-order valence-corrected chi connectivity index (χ3v) is 7.04. The molecule has 7 nitrogen and oxygen atoms in total.